The standard InChI is InChI=1S/C21H26N2O2/c1-17-6-5-7-20(16-17)25-15-12-22-21(24)18-8-10-19(11-9-18)23-13-3-2-4-14-23/h5-11,16H,2-4,12-15H2,1H3,(H,22,24). The van der Waals surface area contributed by atoms with Crippen molar-refractivity contribution in [3.63, 3.8) is 0 Å². The number of piperidine rings is 1. The molecule has 0 bridgehead atoms. The van der Waals surface area contributed by atoms with Gasteiger partial charge in [0.2, 0.25) is 0 Å². The van der Waals surface area contributed by atoms with E-state index in [1.165, 1.54) is 24.9 Å². The van der Waals surface area contributed by atoms with Crippen LogP contribution in [0.5, 0.6) is 5.75 Å². The van der Waals surface area contributed by atoms with Gasteiger partial charge in [-0.1, -0.05) is 12.1 Å². The molecule has 1 N–H and O–H groups in total. The van der Waals surface area contributed by atoms with Crippen molar-refractivity contribution >= 4 is 11.6 Å². The molecule has 1 fully saturated rings. The fraction of sp³-hybridized carbons (Fsp3) is 0.381. The van der Waals surface area contributed by atoms with Crippen LogP contribution in [0.3, 0.4) is 0 Å². The lowest BCUT2D eigenvalue weighted by atomic mass is 10.1. The number of nitrogens with zero attached hydrogens (tertiary/aromatic N) is 1. The summed E-state index contributed by atoms with van der Waals surface area (Å²) in [5, 5.41) is 2.91. The molecule has 1 amide bonds. The van der Waals surface area contributed by atoms with E-state index in [0.717, 1.165) is 24.4 Å². The van der Waals surface area contributed by atoms with Crippen LogP contribution < -0.4 is 15.0 Å². The number of carbonyl (C=O) groups is 1. The van der Waals surface area contributed by atoms with Crippen molar-refractivity contribution in [1.29, 1.82) is 0 Å². The maximum atomic E-state index is 12.2. The number of amides is 1. The molecule has 0 spiro atoms. The van der Waals surface area contributed by atoms with Gasteiger partial charge in [0, 0.05) is 24.3 Å². The van der Waals surface area contributed by atoms with Crippen LogP contribution >= 0.6 is 0 Å². The van der Waals surface area contributed by atoms with Gasteiger partial charge < -0.3 is 15.0 Å². The fourth-order valence-electron chi connectivity index (χ4n) is 3.12. The molecule has 2 aromatic rings. The minimum Gasteiger partial charge on any atom is -0.492 e. The molecule has 4 heteroatoms. The first-order valence-electron chi connectivity index (χ1n) is 9.05. The predicted molar refractivity (Wildman–Crippen MR) is 102 cm³/mol. The average Bonchev–Trinajstić information content (AvgIpc) is 2.66. The summed E-state index contributed by atoms with van der Waals surface area (Å²) in [7, 11) is 0. The van der Waals surface area contributed by atoms with Crippen molar-refractivity contribution in [1.82, 2.24) is 5.32 Å². The smallest absolute Gasteiger partial charge is 0.251 e. The molecule has 0 unspecified atom stereocenters. The summed E-state index contributed by atoms with van der Waals surface area (Å²) in [5.41, 5.74) is 3.06. The predicted octanol–water partition coefficient (Wildman–Crippen LogP) is 3.79. The molecule has 2 aromatic carbocycles. The van der Waals surface area contributed by atoms with Crippen LogP contribution in [0.2, 0.25) is 0 Å². The summed E-state index contributed by atoms with van der Waals surface area (Å²) >= 11 is 0. The van der Waals surface area contributed by atoms with E-state index < -0.39 is 0 Å². The summed E-state index contributed by atoms with van der Waals surface area (Å²) in [6.45, 7) is 5.20. The van der Waals surface area contributed by atoms with Gasteiger partial charge in [0.15, 0.2) is 0 Å². The Bertz CT molecular complexity index is 691. The first kappa shape index (κ1) is 17.3. The highest BCUT2D eigenvalue weighted by Gasteiger charge is 2.11. The molecule has 0 saturated carbocycles. The molecule has 132 valence electrons. The van der Waals surface area contributed by atoms with Crippen LogP contribution in [0.15, 0.2) is 48.5 Å². The zero-order chi connectivity index (χ0) is 17.5. The molecular formula is C21H26N2O2. The van der Waals surface area contributed by atoms with Gasteiger partial charge in [-0.2, -0.15) is 0 Å². The number of ether oxygens (including phenoxy) is 1. The Hall–Kier alpha value is -2.49. The molecule has 0 aliphatic carbocycles. The summed E-state index contributed by atoms with van der Waals surface area (Å²) in [4.78, 5) is 14.6. The highest BCUT2D eigenvalue weighted by molar-refractivity contribution is 5.94. The number of anilines is 1. The van der Waals surface area contributed by atoms with Crippen molar-refractivity contribution in [2.45, 2.75) is 26.2 Å². The Kier molecular flexibility index (Phi) is 5.94. The minimum atomic E-state index is -0.0574. The molecule has 0 atom stereocenters. The van der Waals surface area contributed by atoms with E-state index in [-0.39, 0.29) is 5.91 Å². The highest BCUT2D eigenvalue weighted by atomic mass is 16.5. The van der Waals surface area contributed by atoms with E-state index in [1.807, 2.05) is 55.5 Å². The van der Waals surface area contributed by atoms with Gasteiger partial charge in [-0.15, -0.1) is 0 Å². The van der Waals surface area contributed by atoms with E-state index in [9.17, 15) is 4.79 Å². The Morgan fingerprint density at radius 3 is 2.56 bits per heavy atom. The highest BCUT2D eigenvalue weighted by Crippen LogP contribution is 2.20. The van der Waals surface area contributed by atoms with E-state index >= 15 is 0 Å². The molecule has 4 nitrogen and oxygen atoms in total. The molecule has 25 heavy (non-hydrogen) atoms. The third kappa shape index (κ3) is 4.99. The lowest BCUT2D eigenvalue weighted by Crippen LogP contribution is -2.30. The Morgan fingerprint density at radius 1 is 1.08 bits per heavy atom. The Morgan fingerprint density at radius 2 is 1.84 bits per heavy atom. The second kappa shape index (κ2) is 8.56. The lowest BCUT2D eigenvalue weighted by molar-refractivity contribution is 0.0947. The monoisotopic (exact) mass is 338 g/mol. The zero-order valence-electron chi connectivity index (χ0n) is 14.8. The zero-order valence-corrected chi connectivity index (χ0v) is 14.8. The number of nitrogens with one attached hydrogen (secondary N) is 1. The Balaban J connectivity index is 1.44. The van der Waals surface area contributed by atoms with Gasteiger partial charge >= 0.3 is 0 Å². The molecule has 1 heterocycles. The number of hydrogen-bond acceptors (Lipinski definition) is 3. The van der Waals surface area contributed by atoms with Crippen molar-refractivity contribution in [2.24, 2.45) is 0 Å². The van der Waals surface area contributed by atoms with Gasteiger partial charge in [-0.3, -0.25) is 4.79 Å². The largest absolute Gasteiger partial charge is 0.492 e. The summed E-state index contributed by atoms with van der Waals surface area (Å²) in [6, 6.07) is 15.8. The van der Waals surface area contributed by atoms with Crippen LogP contribution in [0.1, 0.15) is 35.2 Å². The van der Waals surface area contributed by atoms with Crippen LogP contribution in [0.25, 0.3) is 0 Å². The number of rotatable bonds is 6. The number of benzene rings is 2. The Labute approximate surface area is 149 Å². The van der Waals surface area contributed by atoms with Crippen LogP contribution in [0, 0.1) is 6.92 Å². The van der Waals surface area contributed by atoms with Crippen LogP contribution in [-0.2, 0) is 0 Å². The van der Waals surface area contributed by atoms with Crippen molar-refractivity contribution < 1.29 is 9.53 Å². The second-order valence-corrected chi connectivity index (χ2v) is 6.52. The molecule has 1 aliphatic heterocycles. The average molecular weight is 338 g/mol. The first-order chi connectivity index (χ1) is 12.2. The molecular weight excluding hydrogens is 312 g/mol. The molecule has 0 radical (unpaired) electrons. The molecule has 1 aliphatic rings. The summed E-state index contributed by atoms with van der Waals surface area (Å²) in [6.07, 6.45) is 3.83. The van der Waals surface area contributed by atoms with Gasteiger partial charge in [0.1, 0.15) is 12.4 Å². The lowest BCUT2D eigenvalue weighted by Gasteiger charge is -2.28. The fourth-order valence-corrected chi connectivity index (χ4v) is 3.12. The van der Waals surface area contributed by atoms with Crippen molar-refractivity contribution in [3.8, 4) is 5.75 Å². The minimum absolute atomic E-state index is 0.0574. The third-order valence-electron chi connectivity index (χ3n) is 4.50. The van der Waals surface area contributed by atoms with E-state index in [1.54, 1.807) is 0 Å². The van der Waals surface area contributed by atoms with E-state index in [4.69, 9.17) is 4.74 Å². The van der Waals surface area contributed by atoms with Crippen LogP contribution in [-0.4, -0.2) is 32.1 Å². The first-order valence-corrected chi connectivity index (χ1v) is 9.05. The van der Waals surface area contributed by atoms with Gasteiger partial charge in [0.25, 0.3) is 5.91 Å². The maximum absolute atomic E-state index is 12.2. The summed E-state index contributed by atoms with van der Waals surface area (Å²) in [5.74, 6) is 0.776. The molecule has 1 saturated heterocycles. The number of hydrogen-bond donors (Lipinski definition) is 1. The van der Waals surface area contributed by atoms with Crippen molar-refractivity contribution in [3.05, 3.63) is 59.7 Å². The van der Waals surface area contributed by atoms with Crippen LogP contribution in [0.4, 0.5) is 5.69 Å². The molecule has 3 rings (SSSR count). The van der Waals surface area contributed by atoms with E-state index in [0.29, 0.717) is 18.7 Å². The summed E-state index contributed by atoms with van der Waals surface area (Å²) < 4.78 is 5.65. The van der Waals surface area contributed by atoms with Gasteiger partial charge in [-0.25, -0.2) is 0 Å². The van der Waals surface area contributed by atoms with E-state index in [2.05, 4.69) is 10.2 Å². The van der Waals surface area contributed by atoms with Gasteiger partial charge in [-0.05, 0) is 68.1 Å². The molecule has 0 aromatic heterocycles. The number of carbonyl (C=O) groups excluding carboxylic acids is 1. The SMILES string of the molecule is Cc1cccc(OCCNC(=O)c2ccc(N3CCCCC3)cc2)c1. The third-order valence-corrected chi connectivity index (χ3v) is 4.50. The topological polar surface area (TPSA) is 41.6 Å². The second-order valence-electron chi connectivity index (χ2n) is 6.52. The number of aryl methyl sites for hydroxylation is 1. The maximum Gasteiger partial charge on any atom is 0.251 e. The normalized spacial score (nSPS) is 14.2. The van der Waals surface area contributed by atoms with Gasteiger partial charge in [0.05, 0.1) is 6.54 Å². The quantitative estimate of drug-likeness (QED) is 0.815. The van der Waals surface area contributed by atoms with Crippen molar-refractivity contribution in [2.75, 3.05) is 31.1 Å².